The van der Waals surface area contributed by atoms with Gasteiger partial charge in [-0.15, -0.1) is 0 Å². The molecule has 1 fully saturated rings. The highest BCUT2D eigenvalue weighted by atomic mass is 16.4. The fourth-order valence-electron chi connectivity index (χ4n) is 2.34. The van der Waals surface area contributed by atoms with E-state index in [9.17, 15) is 9.59 Å². The minimum absolute atomic E-state index is 0.118. The first kappa shape index (κ1) is 16.0. The van der Waals surface area contributed by atoms with Gasteiger partial charge in [-0.3, -0.25) is 9.59 Å². The molecule has 110 valence electrons. The van der Waals surface area contributed by atoms with Crippen LogP contribution in [0.2, 0.25) is 0 Å². The van der Waals surface area contributed by atoms with Crippen LogP contribution >= 0.6 is 0 Å². The average Bonchev–Trinajstić information content (AvgIpc) is 2.27. The predicted octanol–water partition coefficient (Wildman–Crippen LogP) is 1.24. The molecular formula is C14H26N2O3. The van der Waals surface area contributed by atoms with Crippen LogP contribution in [0.25, 0.3) is 0 Å². The number of nitrogens with one attached hydrogen (secondary N) is 2. The van der Waals surface area contributed by atoms with Crippen molar-refractivity contribution in [3.05, 3.63) is 0 Å². The zero-order valence-electron chi connectivity index (χ0n) is 11.9. The molecule has 0 bridgehead atoms. The van der Waals surface area contributed by atoms with Crippen LogP contribution in [0.3, 0.4) is 0 Å². The van der Waals surface area contributed by atoms with E-state index >= 15 is 0 Å². The minimum atomic E-state index is -0.743. The van der Waals surface area contributed by atoms with Gasteiger partial charge in [0.05, 0.1) is 0 Å². The van der Waals surface area contributed by atoms with Crippen LogP contribution in [0.4, 0.5) is 0 Å². The van der Waals surface area contributed by atoms with Crippen LogP contribution < -0.4 is 10.6 Å². The summed E-state index contributed by atoms with van der Waals surface area (Å²) in [6.07, 6.45) is 2.37. The minimum Gasteiger partial charge on any atom is -0.481 e. The largest absolute Gasteiger partial charge is 0.481 e. The standard InChI is InChI=1S/C14H26N2O3/c1-10(2)12(3-4-14(18)19)5-6-16-13(17)7-11-8-15-9-11/h10-12,15H,3-9H2,1-2H3,(H,16,17)(H,18,19). The normalized spacial score (nSPS) is 17.0. The first-order valence-electron chi connectivity index (χ1n) is 7.18. The fraction of sp³-hybridized carbons (Fsp3) is 0.857. The van der Waals surface area contributed by atoms with Crippen molar-refractivity contribution in [1.29, 1.82) is 0 Å². The molecule has 1 saturated heterocycles. The third-order valence-electron chi connectivity index (χ3n) is 3.85. The summed E-state index contributed by atoms with van der Waals surface area (Å²) in [6, 6.07) is 0. The molecule has 0 aliphatic carbocycles. The first-order chi connectivity index (χ1) is 8.99. The van der Waals surface area contributed by atoms with E-state index in [4.69, 9.17) is 5.11 Å². The molecule has 1 amide bonds. The lowest BCUT2D eigenvalue weighted by Crippen LogP contribution is -2.44. The van der Waals surface area contributed by atoms with Crippen molar-refractivity contribution in [2.45, 2.75) is 39.5 Å². The summed E-state index contributed by atoms with van der Waals surface area (Å²) in [5, 5.41) is 14.8. The van der Waals surface area contributed by atoms with E-state index in [0.29, 0.717) is 37.1 Å². The zero-order valence-corrected chi connectivity index (χ0v) is 11.9. The third kappa shape index (κ3) is 6.57. The molecule has 5 nitrogen and oxygen atoms in total. The number of hydrogen-bond acceptors (Lipinski definition) is 3. The fourth-order valence-corrected chi connectivity index (χ4v) is 2.34. The third-order valence-corrected chi connectivity index (χ3v) is 3.85. The lowest BCUT2D eigenvalue weighted by atomic mass is 9.88. The second kappa shape index (κ2) is 8.15. The number of rotatable bonds is 9. The van der Waals surface area contributed by atoms with E-state index in [1.54, 1.807) is 0 Å². The highest BCUT2D eigenvalue weighted by Gasteiger charge is 2.20. The van der Waals surface area contributed by atoms with Gasteiger partial charge >= 0.3 is 5.97 Å². The molecule has 1 unspecified atom stereocenters. The Bertz CT molecular complexity index is 301. The van der Waals surface area contributed by atoms with Gasteiger partial charge in [-0.25, -0.2) is 0 Å². The van der Waals surface area contributed by atoms with E-state index in [-0.39, 0.29) is 12.3 Å². The monoisotopic (exact) mass is 270 g/mol. The van der Waals surface area contributed by atoms with Crippen molar-refractivity contribution in [1.82, 2.24) is 10.6 Å². The van der Waals surface area contributed by atoms with Crippen molar-refractivity contribution >= 4 is 11.9 Å². The van der Waals surface area contributed by atoms with Crippen LogP contribution in [-0.4, -0.2) is 36.6 Å². The molecule has 1 aliphatic rings. The van der Waals surface area contributed by atoms with E-state index in [2.05, 4.69) is 24.5 Å². The van der Waals surface area contributed by atoms with Gasteiger partial charge in [0.2, 0.25) is 5.91 Å². The maximum atomic E-state index is 11.6. The molecule has 0 radical (unpaired) electrons. The van der Waals surface area contributed by atoms with Gasteiger partial charge in [-0.2, -0.15) is 0 Å². The van der Waals surface area contributed by atoms with Crippen LogP contribution in [0.15, 0.2) is 0 Å². The topological polar surface area (TPSA) is 78.4 Å². The number of amides is 1. The van der Waals surface area contributed by atoms with Gasteiger partial charge in [-0.1, -0.05) is 13.8 Å². The van der Waals surface area contributed by atoms with E-state index < -0.39 is 5.97 Å². The molecule has 0 saturated carbocycles. The van der Waals surface area contributed by atoms with Crippen molar-refractivity contribution in [3.8, 4) is 0 Å². The van der Waals surface area contributed by atoms with Gasteiger partial charge in [0.25, 0.3) is 0 Å². The second-order valence-corrected chi connectivity index (χ2v) is 5.80. The van der Waals surface area contributed by atoms with E-state index in [1.165, 1.54) is 0 Å². The SMILES string of the molecule is CC(C)C(CCNC(=O)CC1CNC1)CCC(=O)O. The lowest BCUT2D eigenvalue weighted by Gasteiger charge is -2.26. The summed E-state index contributed by atoms with van der Waals surface area (Å²) >= 11 is 0. The lowest BCUT2D eigenvalue weighted by molar-refractivity contribution is -0.137. The Labute approximate surface area is 115 Å². The summed E-state index contributed by atoms with van der Waals surface area (Å²) in [6.45, 7) is 6.76. The molecule has 0 spiro atoms. The van der Waals surface area contributed by atoms with E-state index in [0.717, 1.165) is 19.5 Å². The zero-order chi connectivity index (χ0) is 14.3. The van der Waals surface area contributed by atoms with Crippen LogP contribution in [0.1, 0.15) is 39.5 Å². The summed E-state index contributed by atoms with van der Waals surface area (Å²) in [4.78, 5) is 22.2. The molecule has 1 aliphatic heterocycles. The Hall–Kier alpha value is -1.10. The van der Waals surface area contributed by atoms with Gasteiger partial charge in [0.15, 0.2) is 0 Å². The van der Waals surface area contributed by atoms with Gasteiger partial charge in [0.1, 0.15) is 0 Å². The molecule has 3 N–H and O–H groups in total. The molecule has 19 heavy (non-hydrogen) atoms. The van der Waals surface area contributed by atoms with Crippen molar-refractivity contribution in [2.75, 3.05) is 19.6 Å². The number of hydrogen-bond donors (Lipinski definition) is 3. The summed E-state index contributed by atoms with van der Waals surface area (Å²) in [5.74, 6) is 0.682. The molecule has 0 aromatic heterocycles. The molecule has 1 rings (SSSR count). The van der Waals surface area contributed by atoms with E-state index in [1.807, 2.05) is 0 Å². The van der Waals surface area contributed by atoms with Crippen LogP contribution in [-0.2, 0) is 9.59 Å². The number of carboxylic acid groups (broad SMARTS) is 1. The number of carboxylic acids is 1. The summed E-state index contributed by atoms with van der Waals surface area (Å²) in [5.41, 5.74) is 0. The summed E-state index contributed by atoms with van der Waals surface area (Å²) < 4.78 is 0. The Balaban J connectivity index is 2.15. The number of carbonyl (C=O) groups is 2. The second-order valence-electron chi connectivity index (χ2n) is 5.80. The maximum absolute atomic E-state index is 11.6. The summed E-state index contributed by atoms with van der Waals surface area (Å²) in [7, 11) is 0. The van der Waals surface area contributed by atoms with Gasteiger partial charge in [-0.05, 0) is 43.7 Å². The Morgan fingerprint density at radius 1 is 1.32 bits per heavy atom. The highest BCUT2D eigenvalue weighted by molar-refractivity contribution is 5.76. The maximum Gasteiger partial charge on any atom is 0.303 e. The molecule has 5 heteroatoms. The average molecular weight is 270 g/mol. The highest BCUT2D eigenvalue weighted by Crippen LogP contribution is 2.20. The smallest absolute Gasteiger partial charge is 0.303 e. The number of aliphatic carboxylic acids is 1. The molecule has 1 heterocycles. The van der Waals surface area contributed by atoms with Gasteiger partial charge < -0.3 is 15.7 Å². The van der Waals surface area contributed by atoms with Gasteiger partial charge in [0, 0.05) is 19.4 Å². The Morgan fingerprint density at radius 3 is 2.47 bits per heavy atom. The predicted molar refractivity (Wildman–Crippen MR) is 73.8 cm³/mol. The molecular weight excluding hydrogens is 244 g/mol. The van der Waals surface area contributed by atoms with Crippen molar-refractivity contribution in [2.24, 2.45) is 17.8 Å². The molecule has 0 aromatic carbocycles. The van der Waals surface area contributed by atoms with Crippen LogP contribution in [0.5, 0.6) is 0 Å². The quantitative estimate of drug-likeness (QED) is 0.589. The first-order valence-corrected chi connectivity index (χ1v) is 7.18. The Kier molecular flexibility index (Phi) is 6.84. The van der Waals surface area contributed by atoms with Crippen molar-refractivity contribution in [3.63, 3.8) is 0 Å². The Morgan fingerprint density at radius 2 is 2.00 bits per heavy atom. The molecule has 1 atom stereocenters. The van der Waals surface area contributed by atoms with Crippen molar-refractivity contribution < 1.29 is 14.7 Å². The van der Waals surface area contributed by atoms with Crippen LogP contribution in [0, 0.1) is 17.8 Å². The number of carbonyl (C=O) groups excluding carboxylic acids is 1. The molecule has 0 aromatic rings.